The lowest BCUT2D eigenvalue weighted by atomic mass is 9.93. The number of esters is 1. The third kappa shape index (κ3) is 5.68. The van der Waals surface area contributed by atoms with E-state index in [1.54, 1.807) is 29.3 Å². The molecule has 210 valence electrons. The molecule has 0 radical (unpaired) electrons. The first-order valence-corrected chi connectivity index (χ1v) is 16.2. The van der Waals surface area contributed by atoms with Gasteiger partial charge in [-0.3, -0.25) is 9.36 Å². The van der Waals surface area contributed by atoms with Crippen LogP contribution in [0, 0.1) is 0 Å². The molecule has 0 unspecified atom stereocenters. The lowest BCUT2D eigenvalue weighted by Crippen LogP contribution is -2.40. The molecule has 1 aliphatic heterocycles. The number of hydrogen-bond donors (Lipinski definition) is 0. The first kappa shape index (κ1) is 28.1. The monoisotopic (exact) mass is 610 g/mol. The molecule has 42 heavy (non-hydrogen) atoms. The minimum absolute atomic E-state index is 0.203. The third-order valence-corrected chi connectivity index (χ3v) is 9.30. The zero-order valence-electron chi connectivity index (χ0n) is 22.9. The second-order valence-corrected chi connectivity index (χ2v) is 12.2. The summed E-state index contributed by atoms with van der Waals surface area (Å²) in [5.74, 6) is 0.0643. The largest absolute Gasteiger partial charge is 0.463 e. The van der Waals surface area contributed by atoms with Crippen LogP contribution in [-0.4, -0.2) is 23.4 Å². The van der Waals surface area contributed by atoms with Gasteiger partial charge in [0.2, 0.25) is 0 Å². The van der Waals surface area contributed by atoms with Gasteiger partial charge in [-0.1, -0.05) is 83.8 Å². The first-order chi connectivity index (χ1) is 20.6. The van der Waals surface area contributed by atoms with Crippen molar-refractivity contribution in [3.63, 3.8) is 0 Å². The number of aromatic nitrogens is 1. The predicted molar refractivity (Wildman–Crippen MR) is 169 cm³/mol. The molecule has 5 aromatic rings. The molecule has 6 nitrogen and oxygen atoms in total. The first-order valence-electron chi connectivity index (χ1n) is 13.3. The summed E-state index contributed by atoms with van der Waals surface area (Å²) in [7, 11) is 0. The number of hydrogen-bond acceptors (Lipinski definition) is 8. The highest BCUT2D eigenvalue weighted by Crippen LogP contribution is 2.36. The minimum atomic E-state index is -0.714. The zero-order chi connectivity index (χ0) is 29.1. The quantitative estimate of drug-likeness (QED) is 0.150. The SMILES string of the molecule is CCOC(=O)C1=C(c2ccccc2)N=c2s/c(=C/c3ccc(Sc4ccccc4)o3)c(=O)n2[C@@H]1c1ccc(SC)cc1. The molecule has 1 aliphatic rings. The van der Waals surface area contributed by atoms with Gasteiger partial charge in [0.05, 0.1) is 28.5 Å². The number of thiazole rings is 1. The number of fused-ring (bicyclic) bond motifs is 1. The smallest absolute Gasteiger partial charge is 0.338 e. The molecule has 1 atom stereocenters. The molecular weight excluding hydrogens is 585 g/mol. The van der Waals surface area contributed by atoms with Crippen molar-refractivity contribution in [2.45, 2.75) is 27.8 Å². The van der Waals surface area contributed by atoms with Crippen molar-refractivity contribution < 1.29 is 13.9 Å². The maximum absolute atomic E-state index is 14.0. The summed E-state index contributed by atoms with van der Waals surface area (Å²) in [5.41, 5.74) is 2.16. The van der Waals surface area contributed by atoms with Crippen molar-refractivity contribution in [3.05, 3.63) is 139 Å². The van der Waals surface area contributed by atoms with Gasteiger partial charge in [-0.05, 0) is 55.1 Å². The van der Waals surface area contributed by atoms with E-state index < -0.39 is 12.0 Å². The Hall–Kier alpha value is -4.05. The van der Waals surface area contributed by atoms with Gasteiger partial charge in [0, 0.05) is 21.4 Å². The fraction of sp³-hybridized carbons (Fsp3) is 0.121. The van der Waals surface area contributed by atoms with E-state index in [4.69, 9.17) is 14.1 Å². The van der Waals surface area contributed by atoms with Crippen LogP contribution in [-0.2, 0) is 9.53 Å². The molecule has 0 amide bonds. The Kier molecular flexibility index (Phi) is 8.32. The summed E-state index contributed by atoms with van der Waals surface area (Å²) >= 11 is 4.41. The number of furan rings is 1. The fourth-order valence-electron chi connectivity index (χ4n) is 4.74. The van der Waals surface area contributed by atoms with Crippen LogP contribution in [0.15, 0.2) is 132 Å². The van der Waals surface area contributed by atoms with E-state index in [2.05, 4.69) is 0 Å². The molecular formula is C33H26N2O4S3. The van der Waals surface area contributed by atoms with E-state index in [0.29, 0.717) is 26.4 Å². The van der Waals surface area contributed by atoms with Crippen LogP contribution in [0.4, 0.5) is 0 Å². The highest BCUT2D eigenvalue weighted by molar-refractivity contribution is 7.99. The second kappa shape index (κ2) is 12.4. The average molecular weight is 611 g/mol. The maximum atomic E-state index is 14.0. The number of thioether (sulfide) groups is 1. The summed E-state index contributed by atoms with van der Waals surface area (Å²) in [4.78, 5) is 35.2. The molecule has 0 spiro atoms. The number of benzene rings is 3. The van der Waals surface area contributed by atoms with Gasteiger partial charge in [-0.2, -0.15) is 0 Å². The Bertz CT molecular complexity index is 1940. The van der Waals surface area contributed by atoms with Gasteiger partial charge in [0.1, 0.15) is 5.76 Å². The number of nitrogens with zero attached hydrogens (tertiary/aromatic N) is 2. The van der Waals surface area contributed by atoms with Gasteiger partial charge < -0.3 is 9.15 Å². The molecule has 0 fully saturated rings. The molecule has 6 rings (SSSR count). The van der Waals surface area contributed by atoms with Crippen molar-refractivity contribution in [1.29, 1.82) is 0 Å². The Balaban J connectivity index is 1.52. The van der Waals surface area contributed by atoms with Crippen LogP contribution in [0.3, 0.4) is 0 Å². The van der Waals surface area contributed by atoms with Crippen LogP contribution >= 0.6 is 34.9 Å². The van der Waals surface area contributed by atoms with Crippen molar-refractivity contribution in [3.8, 4) is 0 Å². The number of rotatable bonds is 8. The molecule has 3 heterocycles. The molecule has 0 saturated heterocycles. The van der Waals surface area contributed by atoms with E-state index >= 15 is 0 Å². The zero-order valence-corrected chi connectivity index (χ0v) is 25.3. The Labute approximate surface area is 255 Å². The molecule has 0 aliphatic carbocycles. The molecule has 2 aromatic heterocycles. The van der Waals surface area contributed by atoms with Crippen molar-refractivity contribution in [1.82, 2.24) is 4.57 Å². The normalized spacial score (nSPS) is 14.9. The van der Waals surface area contributed by atoms with Crippen molar-refractivity contribution >= 4 is 52.6 Å². The number of ether oxygens (including phenoxy) is 1. The third-order valence-electron chi connectivity index (χ3n) is 6.64. The van der Waals surface area contributed by atoms with Crippen molar-refractivity contribution in [2.24, 2.45) is 4.99 Å². The van der Waals surface area contributed by atoms with Gasteiger partial charge in [-0.15, -0.1) is 11.8 Å². The summed E-state index contributed by atoms with van der Waals surface area (Å²) in [5, 5.41) is 0.725. The van der Waals surface area contributed by atoms with E-state index in [-0.39, 0.29) is 12.2 Å². The second-order valence-electron chi connectivity index (χ2n) is 9.28. The summed E-state index contributed by atoms with van der Waals surface area (Å²) in [6.07, 6.45) is 3.75. The summed E-state index contributed by atoms with van der Waals surface area (Å²) in [6, 6.07) is 30.4. The van der Waals surface area contributed by atoms with Gasteiger partial charge in [0.15, 0.2) is 9.89 Å². The number of carbonyl (C=O) groups excluding carboxylic acids is 1. The van der Waals surface area contributed by atoms with E-state index in [1.807, 2.05) is 103 Å². The molecule has 9 heteroatoms. The van der Waals surface area contributed by atoms with Crippen LogP contribution in [0.25, 0.3) is 11.8 Å². The van der Waals surface area contributed by atoms with Gasteiger partial charge in [0.25, 0.3) is 5.56 Å². The fourth-order valence-corrected chi connectivity index (χ4v) is 6.93. The molecule has 0 bridgehead atoms. The van der Waals surface area contributed by atoms with E-state index in [1.165, 1.54) is 23.1 Å². The van der Waals surface area contributed by atoms with Crippen molar-refractivity contribution in [2.75, 3.05) is 12.9 Å². The molecule has 0 saturated carbocycles. The maximum Gasteiger partial charge on any atom is 0.338 e. The van der Waals surface area contributed by atoms with Gasteiger partial charge >= 0.3 is 5.97 Å². The molecule has 0 N–H and O–H groups in total. The lowest BCUT2D eigenvalue weighted by molar-refractivity contribution is -0.138. The average Bonchev–Trinajstić information content (AvgIpc) is 3.60. The van der Waals surface area contributed by atoms with Crippen LogP contribution in [0.1, 0.15) is 29.9 Å². The standard InChI is InChI=1S/C33H26N2O4S3/c1-3-38-32(37)28-29(21-10-6-4-7-11-21)34-33-35(30(28)22-14-17-24(40-2)18-15-22)31(36)26(42-33)20-23-16-19-27(39-23)41-25-12-8-5-9-13-25/h4-20,30H,3H2,1-2H3/b26-20+/t30-/m1/s1. The predicted octanol–water partition coefficient (Wildman–Crippen LogP) is 6.40. The van der Waals surface area contributed by atoms with E-state index in [0.717, 1.165) is 26.0 Å². The highest BCUT2D eigenvalue weighted by Gasteiger charge is 2.35. The number of carbonyl (C=O) groups is 1. The van der Waals surface area contributed by atoms with Crippen LogP contribution in [0.2, 0.25) is 0 Å². The van der Waals surface area contributed by atoms with Gasteiger partial charge in [-0.25, -0.2) is 9.79 Å². The minimum Gasteiger partial charge on any atom is -0.463 e. The Morgan fingerprint density at radius 3 is 2.38 bits per heavy atom. The summed E-state index contributed by atoms with van der Waals surface area (Å²) < 4.78 is 13.7. The highest BCUT2D eigenvalue weighted by atomic mass is 32.2. The molecule has 3 aromatic carbocycles. The summed E-state index contributed by atoms with van der Waals surface area (Å²) in [6.45, 7) is 1.97. The van der Waals surface area contributed by atoms with Crippen LogP contribution < -0.4 is 14.9 Å². The van der Waals surface area contributed by atoms with Crippen LogP contribution in [0.5, 0.6) is 0 Å². The lowest BCUT2D eigenvalue weighted by Gasteiger charge is -2.26. The van der Waals surface area contributed by atoms with E-state index in [9.17, 15) is 9.59 Å². The topological polar surface area (TPSA) is 73.8 Å². The Morgan fingerprint density at radius 1 is 0.976 bits per heavy atom. The Morgan fingerprint density at radius 2 is 1.69 bits per heavy atom.